The van der Waals surface area contributed by atoms with Gasteiger partial charge in [0.15, 0.2) is 5.82 Å². The van der Waals surface area contributed by atoms with Gasteiger partial charge in [0.25, 0.3) is 10.0 Å². The zero-order chi connectivity index (χ0) is 23.1. The largest absolute Gasteiger partial charge is 0.417 e. The second-order valence-electron chi connectivity index (χ2n) is 6.30. The fraction of sp³-hybridized carbons (Fsp3) is 0.0588. The van der Waals surface area contributed by atoms with E-state index in [0.29, 0.717) is 21.0 Å². The number of halogens is 4. The van der Waals surface area contributed by atoms with E-state index in [0.717, 1.165) is 29.2 Å². The van der Waals surface area contributed by atoms with E-state index in [1.54, 1.807) is 24.3 Å². The Balaban J connectivity index is 1.65. The lowest BCUT2D eigenvalue weighted by molar-refractivity contribution is -0.137. The second kappa shape index (κ2) is 7.80. The molecule has 4 rings (SSSR count). The Labute approximate surface area is 183 Å². The fourth-order valence-electron chi connectivity index (χ4n) is 2.57. The van der Waals surface area contributed by atoms with Crippen molar-refractivity contribution in [3.63, 3.8) is 0 Å². The Morgan fingerprint density at radius 3 is 2.41 bits per heavy atom. The predicted octanol–water partition coefficient (Wildman–Crippen LogP) is 3.09. The molecule has 0 aliphatic heterocycles. The molecule has 0 bridgehead atoms. The maximum absolute atomic E-state index is 13.1. The van der Waals surface area contributed by atoms with Crippen molar-refractivity contribution in [1.29, 1.82) is 0 Å². The number of rotatable bonds is 5. The van der Waals surface area contributed by atoms with Gasteiger partial charge in [0.2, 0.25) is 11.9 Å². The lowest BCUT2D eigenvalue weighted by atomic mass is 10.3. The summed E-state index contributed by atoms with van der Waals surface area (Å²) in [4.78, 5) is 7.24. The van der Waals surface area contributed by atoms with Gasteiger partial charge in [-0.25, -0.2) is 9.67 Å². The van der Waals surface area contributed by atoms with Crippen LogP contribution in [0, 0.1) is 0 Å². The third-order valence-corrected chi connectivity index (χ3v) is 5.86. The van der Waals surface area contributed by atoms with E-state index in [-0.39, 0.29) is 22.6 Å². The molecule has 3 aromatic heterocycles. The quantitative estimate of drug-likeness (QED) is 0.441. The van der Waals surface area contributed by atoms with Crippen LogP contribution in [0.4, 0.5) is 30.8 Å². The summed E-state index contributed by atoms with van der Waals surface area (Å²) in [5, 5.41) is 10.8. The van der Waals surface area contributed by atoms with Crippen LogP contribution in [0.1, 0.15) is 5.56 Å². The van der Waals surface area contributed by atoms with E-state index < -0.39 is 21.8 Å². The Kier molecular flexibility index (Phi) is 5.26. The predicted molar refractivity (Wildman–Crippen MR) is 108 cm³/mol. The van der Waals surface area contributed by atoms with Crippen molar-refractivity contribution in [1.82, 2.24) is 28.9 Å². The molecular formula is C17H12ClF3N8O2S. The minimum absolute atomic E-state index is 0.0166. The molecule has 10 nitrogen and oxygen atoms in total. The smallest absolute Gasteiger partial charge is 0.366 e. The number of hydrogen-bond acceptors (Lipinski definition) is 8. The van der Waals surface area contributed by atoms with Crippen LogP contribution in [0.2, 0.25) is 5.02 Å². The maximum atomic E-state index is 13.1. The van der Waals surface area contributed by atoms with Crippen LogP contribution in [0.15, 0.2) is 59.9 Å². The molecule has 0 aliphatic rings. The number of anilines is 3. The monoisotopic (exact) mass is 484 g/mol. The average Bonchev–Trinajstić information content (AvgIpc) is 3.37. The highest BCUT2D eigenvalue weighted by atomic mass is 35.5. The number of nitrogens with zero attached hydrogens (tertiary/aromatic N) is 6. The summed E-state index contributed by atoms with van der Waals surface area (Å²) < 4.78 is 65.8. The minimum Gasteiger partial charge on any atom is -0.366 e. The molecule has 15 heteroatoms. The van der Waals surface area contributed by atoms with Crippen molar-refractivity contribution in [3.8, 4) is 5.82 Å². The van der Waals surface area contributed by atoms with Crippen LogP contribution in [0.3, 0.4) is 0 Å². The molecule has 0 unspecified atom stereocenters. The third-order valence-electron chi connectivity index (χ3n) is 4.09. The van der Waals surface area contributed by atoms with Crippen molar-refractivity contribution >= 4 is 39.2 Å². The first-order valence-electron chi connectivity index (χ1n) is 8.63. The van der Waals surface area contributed by atoms with Gasteiger partial charge in [0, 0.05) is 16.9 Å². The zero-order valence-corrected chi connectivity index (χ0v) is 17.3. The van der Waals surface area contributed by atoms with Crippen molar-refractivity contribution < 1.29 is 21.6 Å². The summed E-state index contributed by atoms with van der Waals surface area (Å²) in [6, 6.07) is 8.24. The van der Waals surface area contributed by atoms with Crippen LogP contribution >= 0.6 is 11.6 Å². The number of benzene rings is 1. The molecule has 1 aromatic carbocycles. The Bertz CT molecular complexity index is 1370. The first-order valence-corrected chi connectivity index (χ1v) is 10.4. The third kappa shape index (κ3) is 4.22. The summed E-state index contributed by atoms with van der Waals surface area (Å²) in [6.07, 6.45) is -1.85. The van der Waals surface area contributed by atoms with E-state index in [1.165, 1.54) is 0 Å². The van der Waals surface area contributed by atoms with Gasteiger partial charge in [-0.05, 0) is 36.4 Å². The molecule has 3 N–H and O–H groups in total. The molecule has 3 heterocycles. The topological polar surface area (TPSA) is 134 Å². The molecule has 0 fully saturated rings. The highest BCUT2D eigenvalue weighted by molar-refractivity contribution is 7.90. The molecule has 0 amide bonds. The first kappa shape index (κ1) is 21.6. The van der Waals surface area contributed by atoms with Gasteiger partial charge in [-0.15, -0.1) is 9.19 Å². The Hall–Kier alpha value is -3.65. The SMILES string of the molecule is Nc1nc(Nc2ccc(Cl)cc2)n(S(=O)(=O)c2cnn(-c3ccc(C(F)(F)F)cn3)c2)n1. The minimum atomic E-state index is -4.55. The fourth-order valence-corrected chi connectivity index (χ4v) is 3.82. The zero-order valence-electron chi connectivity index (χ0n) is 15.7. The van der Waals surface area contributed by atoms with Crippen LogP contribution in [0.5, 0.6) is 0 Å². The van der Waals surface area contributed by atoms with Gasteiger partial charge in [-0.1, -0.05) is 11.6 Å². The van der Waals surface area contributed by atoms with Crippen molar-refractivity contribution in [2.24, 2.45) is 0 Å². The highest BCUT2D eigenvalue weighted by Crippen LogP contribution is 2.29. The van der Waals surface area contributed by atoms with Crippen LogP contribution in [-0.2, 0) is 16.2 Å². The number of alkyl halides is 3. The summed E-state index contributed by atoms with van der Waals surface area (Å²) in [6.45, 7) is 0. The Morgan fingerprint density at radius 2 is 1.78 bits per heavy atom. The normalized spacial score (nSPS) is 12.1. The number of nitrogens with one attached hydrogen (secondary N) is 1. The van der Waals surface area contributed by atoms with Gasteiger partial charge in [-0.3, -0.25) is 0 Å². The first-order chi connectivity index (χ1) is 15.0. The molecule has 166 valence electrons. The van der Waals surface area contributed by atoms with E-state index in [4.69, 9.17) is 17.3 Å². The molecule has 32 heavy (non-hydrogen) atoms. The second-order valence-corrected chi connectivity index (χ2v) is 8.50. The van der Waals surface area contributed by atoms with Crippen LogP contribution in [-0.4, -0.2) is 37.4 Å². The van der Waals surface area contributed by atoms with Crippen molar-refractivity contribution in [2.75, 3.05) is 11.1 Å². The van der Waals surface area contributed by atoms with Crippen LogP contribution < -0.4 is 11.1 Å². The lowest BCUT2D eigenvalue weighted by Gasteiger charge is -2.08. The van der Waals surface area contributed by atoms with E-state index in [1.807, 2.05) is 0 Å². The number of nitrogen functional groups attached to an aromatic ring is 1. The number of hydrogen-bond donors (Lipinski definition) is 2. The molecule has 0 atom stereocenters. The summed E-state index contributed by atoms with van der Waals surface area (Å²) >= 11 is 5.84. The molecule has 4 aromatic rings. The van der Waals surface area contributed by atoms with Gasteiger partial charge in [-0.2, -0.15) is 31.7 Å². The van der Waals surface area contributed by atoms with E-state index in [2.05, 4.69) is 25.5 Å². The standard InChI is InChI=1S/C17H12ClF3N8O2S/c18-11-2-4-12(5-3-11)25-16-26-15(22)27-29(16)32(30,31)13-8-24-28(9-13)14-6-1-10(7-23-14)17(19,20)21/h1-9H,(H3,22,25,26,27). The van der Waals surface area contributed by atoms with Crippen molar-refractivity contribution in [2.45, 2.75) is 11.1 Å². The molecule has 0 spiro atoms. The highest BCUT2D eigenvalue weighted by Gasteiger charge is 2.31. The summed E-state index contributed by atoms with van der Waals surface area (Å²) in [5.41, 5.74) is 5.11. The maximum Gasteiger partial charge on any atom is 0.417 e. The molecule has 0 radical (unpaired) electrons. The van der Waals surface area contributed by atoms with Gasteiger partial charge < -0.3 is 11.1 Å². The lowest BCUT2D eigenvalue weighted by Crippen LogP contribution is -2.16. The van der Waals surface area contributed by atoms with E-state index >= 15 is 0 Å². The van der Waals surface area contributed by atoms with Gasteiger partial charge in [0.1, 0.15) is 4.90 Å². The molecular weight excluding hydrogens is 473 g/mol. The summed E-state index contributed by atoms with van der Waals surface area (Å²) in [7, 11) is -4.31. The molecule has 0 saturated heterocycles. The average molecular weight is 485 g/mol. The number of pyridine rings is 1. The Morgan fingerprint density at radius 1 is 1.06 bits per heavy atom. The number of nitrogens with two attached hydrogens (primary N) is 1. The summed E-state index contributed by atoms with van der Waals surface area (Å²) in [5.74, 6) is -0.510. The number of aromatic nitrogens is 6. The van der Waals surface area contributed by atoms with Crippen LogP contribution in [0.25, 0.3) is 5.82 Å². The van der Waals surface area contributed by atoms with Gasteiger partial charge in [0.05, 0.1) is 18.0 Å². The molecule has 0 aliphatic carbocycles. The van der Waals surface area contributed by atoms with Gasteiger partial charge >= 0.3 is 6.18 Å². The van der Waals surface area contributed by atoms with E-state index in [9.17, 15) is 21.6 Å². The molecule has 0 saturated carbocycles. The van der Waals surface area contributed by atoms with Crippen molar-refractivity contribution in [3.05, 3.63) is 65.6 Å².